The van der Waals surface area contributed by atoms with E-state index in [2.05, 4.69) is 10.1 Å². The van der Waals surface area contributed by atoms with Gasteiger partial charge in [-0.2, -0.15) is 13.2 Å². The molecule has 9 heteroatoms. The van der Waals surface area contributed by atoms with Crippen molar-refractivity contribution in [3.05, 3.63) is 23.8 Å². The van der Waals surface area contributed by atoms with Gasteiger partial charge in [-0.3, -0.25) is 9.59 Å². The lowest BCUT2D eigenvalue weighted by Gasteiger charge is -2.14. The zero-order valence-electron chi connectivity index (χ0n) is 13.1. The fourth-order valence-electron chi connectivity index (χ4n) is 1.78. The molecule has 6 nitrogen and oxygen atoms in total. The molecule has 0 aliphatic heterocycles. The summed E-state index contributed by atoms with van der Waals surface area (Å²) in [5, 5.41) is 11.0. The Morgan fingerprint density at radius 1 is 1.29 bits per heavy atom. The standard InChI is InChI=1S/C15H18F3NO5/c1-9(14(21)22)19-13(20)6-4-10-3-5-11(12(7-10)23-2)24-8-15(16,17)18/h3,5,7,9H,4,6,8H2,1-2H3,(H,19,20)(H,21,22)/t9-/m0/s1. The minimum Gasteiger partial charge on any atom is -0.493 e. The normalized spacial score (nSPS) is 12.4. The first-order chi connectivity index (χ1) is 11.1. The van der Waals surface area contributed by atoms with E-state index in [0.717, 1.165) is 0 Å². The number of benzene rings is 1. The molecule has 0 saturated heterocycles. The van der Waals surface area contributed by atoms with Crippen molar-refractivity contribution in [3.8, 4) is 11.5 Å². The van der Waals surface area contributed by atoms with Gasteiger partial charge in [-0.25, -0.2) is 0 Å². The van der Waals surface area contributed by atoms with Crippen LogP contribution in [0.25, 0.3) is 0 Å². The highest BCUT2D eigenvalue weighted by atomic mass is 19.4. The smallest absolute Gasteiger partial charge is 0.422 e. The van der Waals surface area contributed by atoms with Gasteiger partial charge in [-0.15, -0.1) is 0 Å². The first kappa shape index (κ1) is 19.6. The first-order valence-corrected chi connectivity index (χ1v) is 7.01. The average molecular weight is 349 g/mol. The average Bonchev–Trinajstić information content (AvgIpc) is 2.50. The number of carbonyl (C=O) groups excluding carboxylic acids is 1. The number of aliphatic carboxylic acids is 1. The van der Waals surface area contributed by atoms with Crippen LogP contribution in [0, 0.1) is 0 Å². The third kappa shape index (κ3) is 6.76. The molecule has 0 aromatic heterocycles. The number of hydrogen-bond acceptors (Lipinski definition) is 4. The lowest BCUT2D eigenvalue weighted by Crippen LogP contribution is -2.38. The lowest BCUT2D eigenvalue weighted by molar-refractivity contribution is -0.153. The van der Waals surface area contributed by atoms with Crippen LogP contribution in [0.15, 0.2) is 18.2 Å². The highest BCUT2D eigenvalue weighted by molar-refractivity contribution is 5.83. The van der Waals surface area contributed by atoms with Crippen LogP contribution in [0.5, 0.6) is 11.5 Å². The van der Waals surface area contributed by atoms with E-state index >= 15 is 0 Å². The van der Waals surface area contributed by atoms with E-state index in [9.17, 15) is 22.8 Å². The molecule has 0 spiro atoms. The van der Waals surface area contributed by atoms with Crippen molar-refractivity contribution < 1.29 is 37.3 Å². The van der Waals surface area contributed by atoms with E-state index in [1.54, 1.807) is 0 Å². The first-order valence-electron chi connectivity index (χ1n) is 7.01. The zero-order chi connectivity index (χ0) is 18.3. The molecule has 0 unspecified atom stereocenters. The zero-order valence-corrected chi connectivity index (χ0v) is 13.1. The molecule has 1 aromatic carbocycles. The van der Waals surface area contributed by atoms with Gasteiger partial charge in [0.15, 0.2) is 18.1 Å². The number of aryl methyl sites for hydroxylation is 1. The topological polar surface area (TPSA) is 84.9 Å². The molecule has 1 amide bonds. The second-order valence-electron chi connectivity index (χ2n) is 5.02. The Kier molecular flexibility index (Phi) is 6.87. The molecule has 0 heterocycles. The summed E-state index contributed by atoms with van der Waals surface area (Å²) in [5.41, 5.74) is 0.643. The van der Waals surface area contributed by atoms with Crippen LogP contribution in [0.3, 0.4) is 0 Å². The largest absolute Gasteiger partial charge is 0.493 e. The van der Waals surface area contributed by atoms with Gasteiger partial charge in [0.1, 0.15) is 6.04 Å². The van der Waals surface area contributed by atoms with Crippen LogP contribution in [-0.4, -0.2) is 42.9 Å². The number of ether oxygens (including phenoxy) is 2. The van der Waals surface area contributed by atoms with Gasteiger partial charge in [0.25, 0.3) is 0 Å². The quantitative estimate of drug-likeness (QED) is 0.751. The van der Waals surface area contributed by atoms with Crippen LogP contribution in [0.4, 0.5) is 13.2 Å². The Bertz CT molecular complexity index is 589. The molecule has 0 bridgehead atoms. The highest BCUT2D eigenvalue weighted by Crippen LogP contribution is 2.30. The van der Waals surface area contributed by atoms with Crippen molar-refractivity contribution in [2.45, 2.75) is 32.0 Å². The Morgan fingerprint density at radius 3 is 2.50 bits per heavy atom. The second kappa shape index (κ2) is 8.42. The number of alkyl halides is 3. The summed E-state index contributed by atoms with van der Waals surface area (Å²) in [7, 11) is 1.29. The molecule has 1 rings (SSSR count). The van der Waals surface area contributed by atoms with Crippen molar-refractivity contribution >= 4 is 11.9 Å². The fourth-order valence-corrected chi connectivity index (χ4v) is 1.78. The van der Waals surface area contributed by atoms with E-state index in [1.807, 2.05) is 0 Å². The van der Waals surface area contributed by atoms with Crippen LogP contribution < -0.4 is 14.8 Å². The number of carbonyl (C=O) groups is 2. The van der Waals surface area contributed by atoms with Crippen molar-refractivity contribution in [2.24, 2.45) is 0 Å². The number of rotatable bonds is 8. The summed E-state index contributed by atoms with van der Waals surface area (Å²) in [6.45, 7) is -0.0891. The van der Waals surface area contributed by atoms with E-state index < -0.39 is 30.7 Å². The molecule has 134 valence electrons. The van der Waals surface area contributed by atoms with Gasteiger partial charge in [0.05, 0.1) is 7.11 Å². The number of methoxy groups -OCH3 is 1. The van der Waals surface area contributed by atoms with Crippen LogP contribution in [0.1, 0.15) is 18.9 Å². The summed E-state index contributed by atoms with van der Waals surface area (Å²) in [6.07, 6.45) is -4.15. The number of halogens is 3. The molecule has 0 aliphatic carbocycles. The second-order valence-corrected chi connectivity index (χ2v) is 5.02. The molecule has 2 N–H and O–H groups in total. The molecule has 24 heavy (non-hydrogen) atoms. The molecule has 0 radical (unpaired) electrons. The van der Waals surface area contributed by atoms with Gasteiger partial charge < -0.3 is 19.9 Å². The molecule has 1 aromatic rings. The number of nitrogens with one attached hydrogen (secondary N) is 1. The minimum atomic E-state index is -4.46. The third-order valence-electron chi connectivity index (χ3n) is 3.01. The van der Waals surface area contributed by atoms with Crippen LogP contribution in [-0.2, 0) is 16.0 Å². The number of hydrogen-bond donors (Lipinski definition) is 2. The fraction of sp³-hybridized carbons (Fsp3) is 0.467. The van der Waals surface area contributed by atoms with E-state index in [-0.39, 0.29) is 24.3 Å². The minimum absolute atomic E-state index is 0.0313. The predicted molar refractivity (Wildman–Crippen MR) is 78.1 cm³/mol. The van der Waals surface area contributed by atoms with E-state index in [4.69, 9.17) is 9.84 Å². The van der Waals surface area contributed by atoms with Crippen molar-refractivity contribution in [1.29, 1.82) is 0 Å². The number of amides is 1. The van der Waals surface area contributed by atoms with E-state index in [0.29, 0.717) is 5.56 Å². The lowest BCUT2D eigenvalue weighted by atomic mass is 10.1. The van der Waals surface area contributed by atoms with E-state index in [1.165, 1.54) is 32.2 Å². The predicted octanol–water partition coefficient (Wildman–Crippen LogP) is 2.16. The van der Waals surface area contributed by atoms with Crippen molar-refractivity contribution in [1.82, 2.24) is 5.32 Å². The summed E-state index contributed by atoms with van der Waals surface area (Å²) in [6, 6.07) is 3.32. The Labute approximate surface area is 136 Å². The maximum absolute atomic E-state index is 12.2. The molecule has 1 atom stereocenters. The maximum atomic E-state index is 12.2. The third-order valence-corrected chi connectivity index (χ3v) is 3.01. The van der Waals surface area contributed by atoms with Gasteiger partial charge in [0.2, 0.25) is 5.91 Å². The van der Waals surface area contributed by atoms with Gasteiger partial charge in [-0.05, 0) is 31.0 Å². The number of carboxylic acid groups (broad SMARTS) is 1. The van der Waals surface area contributed by atoms with Gasteiger partial charge in [0, 0.05) is 6.42 Å². The molecule has 0 saturated carbocycles. The summed E-state index contributed by atoms with van der Waals surface area (Å²) in [5.74, 6) is -1.52. The molecule has 0 aliphatic rings. The Hall–Kier alpha value is -2.45. The van der Waals surface area contributed by atoms with Crippen LogP contribution in [0.2, 0.25) is 0 Å². The van der Waals surface area contributed by atoms with Crippen molar-refractivity contribution in [2.75, 3.05) is 13.7 Å². The summed E-state index contributed by atoms with van der Waals surface area (Å²) >= 11 is 0. The van der Waals surface area contributed by atoms with Crippen LogP contribution >= 0.6 is 0 Å². The highest BCUT2D eigenvalue weighted by Gasteiger charge is 2.29. The molecular weight excluding hydrogens is 331 g/mol. The van der Waals surface area contributed by atoms with Gasteiger partial charge >= 0.3 is 12.1 Å². The van der Waals surface area contributed by atoms with Crippen molar-refractivity contribution in [3.63, 3.8) is 0 Å². The summed E-state index contributed by atoms with van der Waals surface area (Å²) < 4.78 is 46.2. The maximum Gasteiger partial charge on any atom is 0.422 e. The Morgan fingerprint density at radius 2 is 1.96 bits per heavy atom. The summed E-state index contributed by atoms with van der Waals surface area (Å²) in [4.78, 5) is 22.2. The SMILES string of the molecule is COc1cc(CCC(=O)N[C@@H](C)C(=O)O)ccc1OCC(F)(F)F. The number of carboxylic acids is 1. The molecule has 0 fully saturated rings. The Balaban J connectivity index is 2.64. The molecular formula is C15H18F3NO5. The van der Waals surface area contributed by atoms with Gasteiger partial charge in [-0.1, -0.05) is 6.07 Å². The monoisotopic (exact) mass is 349 g/mol.